The lowest BCUT2D eigenvalue weighted by Crippen LogP contribution is -2.13. The SMILES string of the molecule is CCCCC(Oc1ccccc1)c1ccccc1C(=O)O. The number of carboxylic acid groups (broad SMARTS) is 1. The predicted molar refractivity (Wildman–Crippen MR) is 82.7 cm³/mol. The summed E-state index contributed by atoms with van der Waals surface area (Å²) in [5.41, 5.74) is 1.05. The first-order valence-corrected chi connectivity index (χ1v) is 7.26. The number of benzene rings is 2. The lowest BCUT2D eigenvalue weighted by molar-refractivity contribution is 0.0690. The van der Waals surface area contributed by atoms with Gasteiger partial charge in [-0.25, -0.2) is 4.79 Å². The Bertz CT molecular complexity index is 578. The predicted octanol–water partition coefficient (Wildman–Crippen LogP) is 4.70. The van der Waals surface area contributed by atoms with Gasteiger partial charge < -0.3 is 9.84 Å². The van der Waals surface area contributed by atoms with Gasteiger partial charge in [0, 0.05) is 5.56 Å². The van der Waals surface area contributed by atoms with Crippen LogP contribution in [0.15, 0.2) is 54.6 Å². The first-order chi connectivity index (χ1) is 10.2. The molecule has 0 spiro atoms. The number of carbonyl (C=O) groups is 1. The van der Waals surface area contributed by atoms with Gasteiger partial charge in [0.2, 0.25) is 0 Å². The molecule has 3 nitrogen and oxygen atoms in total. The molecule has 0 amide bonds. The monoisotopic (exact) mass is 284 g/mol. The minimum Gasteiger partial charge on any atom is -0.486 e. The zero-order chi connectivity index (χ0) is 15.1. The Hall–Kier alpha value is -2.29. The van der Waals surface area contributed by atoms with Crippen molar-refractivity contribution in [1.82, 2.24) is 0 Å². The molecule has 2 rings (SSSR count). The molecular weight excluding hydrogens is 264 g/mol. The summed E-state index contributed by atoms with van der Waals surface area (Å²) in [5.74, 6) is -0.150. The molecular formula is C18H20O3. The van der Waals surface area contributed by atoms with E-state index in [9.17, 15) is 9.90 Å². The van der Waals surface area contributed by atoms with E-state index in [0.717, 1.165) is 30.6 Å². The van der Waals surface area contributed by atoms with E-state index in [0.29, 0.717) is 5.56 Å². The van der Waals surface area contributed by atoms with Crippen molar-refractivity contribution in [1.29, 1.82) is 0 Å². The zero-order valence-electron chi connectivity index (χ0n) is 12.2. The van der Waals surface area contributed by atoms with Gasteiger partial charge in [0.15, 0.2) is 0 Å². The molecule has 0 aliphatic rings. The fourth-order valence-corrected chi connectivity index (χ4v) is 2.30. The number of aromatic carboxylic acids is 1. The summed E-state index contributed by atoms with van der Waals surface area (Å²) >= 11 is 0. The van der Waals surface area contributed by atoms with Crippen molar-refractivity contribution < 1.29 is 14.6 Å². The largest absolute Gasteiger partial charge is 0.486 e. The molecule has 110 valence electrons. The van der Waals surface area contributed by atoms with Crippen molar-refractivity contribution in [3.63, 3.8) is 0 Å². The van der Waals surface area contributed by atoms with Crippen molar-refractivity contribution in [3.05, 3.63) is 65.7 Å². The van der Waals surface area contributed by atoms with E-state index in [2.05, 4.69) is 6.92 Å². The molecule has 0 fully saturated rings. The maximum Gasteiger partial charge on any atom is 0.336 e. The molecule has 0 radical (unpaired) electrons. The average Bonchev–Trinajstić information content (AvgIpc) is 2.52. The van der Waals surface area contributed by atoms with Crippen LogP contribution in [0.3, 0.4) is 0 Å². The Balaban J connectivity index is 2.29. The van der Waals surface area contributed by atoms with Gasteiger partial charge in [0.1, 0.15) is 11.9 Å². The van der Waals surface area contributed by atoms with Crippen LogP contribution in [-0.2, 0) is 0 Å². The molecule has 0 aliphatic heterocycles. The van der Waals surface area contributed by atoms with E-state index in [1.807, 2.05) is 42.5 Å². The van der Waals surface area contributed by atoms with E-state index in [1.165, 1.54) is 0 Å². The van der Waals surface area contributed by atoms with E-state index >= 15 is 0 Å². The van der Waals surface area contributed by atoms with Crippen LogP contribution in [0.1, 0.15) is 48.2 Å². The second kappa shape index (κ2) is 7.48. The standard InChI is InChI=1S/C18H20O3/c1-2-3-13-17(21-14-9-5-4-6-10-14)15-11-7-8-12-16(15)18(19)20/h4-12,17H,2-3,13H2,1H3,(H,19,20). The van der Waals surface area contributed by atoms with Crippen molar-refractivity contribution in [2.45, 2.75) is 32.3 Å². The molecule has 0 saturated heterocycles. The molecule has 0 aromatic heterocycles. The highest BCUT2D eigenvalue weighted by molar-refractivity contribution is 5.89. The van der Waals surface area contributed by atoms with Crippen LogP contribution in [0.4, 0.5) is 0 Å². The average molecular weight is 284 g/mol. The topological polar surface area (TPSA) is 46.5 Å². The normalized spacial score (nSPS) is 11.9. The Morgan fingerprint density at radius 3 is 2.43 bits per heavy atom. The third-order valence-corrected chi connectivity index (χ3v) is 3.38. The summed E-state index contributed by atoms with van der Waals surface area (Å²) in [6.45, 7) is 2.11. The van der Waals surface area contributed by atoms with Gasteiger partial charge in [-0.3, -0.25) is 0 Å². The summed E-state index contributed by atoms with van der Waals surface area (Å²) in [4.78, 5) is 11.4. The Labute approximate surface area is 125 Å². The molecule has 3 heteroatoms. The minimum absolute atomic E-state index is 0.236. The second-order valence-electron chi connectivity index (χ2n) is 4.95. The number of hydrogen-bond donors (Lipinski definition) is 1. The van der Waals surface area contributed by atoms with Gasteiger partial charge in [0.25, 0.3) is 0 Å². The summed E-state index contributed by atoms with van der Waals surface area (Å²) in [6, 6.07) is 16.6. The number of carboxylic acids is 1. The lowest BCUT2D eigenvalue weighted by Gasteiger charge is -2.21. The van der Waals surface area contributed by atoms with E-state index in [-0.39, 0.29) is 6.10 Å². The second-order valence-corrected chi connectivity index (χ2v) is 4.95. The van der Waals surface area contributed by atoms with Crippen LogP contribution >= 0.6 is 0 Å². The zero-order valence-corrected chi connectivity index (χ0v) is 12.2. The van der Waals surface area contributed by atoms with Gasteiger partial charge in [-0.05, 0) is 31.0 Å². The molecule has 0 heterocycles. The molecule has 21 heavy (non-hydrogen) atoms. The number of ether oxygens (including phenoxy) is 1. The molecule has 1 N–H and O–H groups in total. The van der Waals surface area contributed by atoms with Crippen LogP contribution in [0.2, 0.25) is 0 Å². The molecule has 0 saturated carbocycles. The van der Waals surface area contributed by atoms with Gasteiger partial charge >= 0.3 is 5.97 Å². The lowest BCUT2D eigenvalue weighted by atomic mass is 9.98. The third kappa shape index (κ3) is 4.09. The molecule has 2 aromatic rings. The highest BCUT2D eigenvalue weighted by Gasteiger charge is 2.19. The van der Waals surface area contributed by atoms with E-state index in [4.69, 9.17) is 4.74 Å². The molecule has 1 atom stereocenters. The number of para-hydroxylation sites is 1. The fraction of sp³-hybridized carbons (Fsp3) is 0.278. The van der Waals surface area contributed by atoms with Crippen LogP contribution in [0.25, 0.3) is 0 Å². The summed E-state index contributed by atoms with van der Waals surface area (Å²) < 4.78 is 6.03. The summed E-state index contributed by atoms with van der Waals surface area (Å²) in [7, 11) is 0. The Morgan fingerprint density at radius 1 is 1.10 bits per heavy atom. The number of unbranched alkanes of at least 4 members (excludes halogenated alkanes) is 1. The molecule has 1 unspecified atom stereocenters. The van der Waals surface area contributed by atoms with Crippen molar-refractivity contribution >= 4 is 5.97 Å². The third-order valence-electron chi connectivity index (χ3n) is 3.38. The van der Waals surface area contributed by atoms with Crippen LogP contribution < -0.4 is 4.74 Å². The Morgan fingerprint density at radius 2 is 1.76 bits per heavy atom. The molecule has 0 bridgehead atoms. The maximum atomic E-state index is 11.4. The molecule has 2 aromatic carbocycles. The summed E-state index contributed by atoms with van der Waals surface area (Å²) in [5, 5.41) is 9.35. The van der Waals surface area contributed by atoms with Gasteiger partial charge in [0.05, 0.1) is 5.56 Å². The van der Waals surface area contributed by atoms with E-state index in [1.54, 1.807) is 12.1 Å². The van der Waals surface area contributed by atoms with Crippen LogP contribution in [0.5, 0.6) is 5.75 Å². The smallest absolute Gasteiger partial charge is 0.336 e. The fourth-order valence-electron chi connectivity index (χ4n) is 2.30. The van der Waals surface area contributed by atoms with Crippen LogP contribution in [-0.4, -0.2) is 11.1 Å². The Kier molecular flexibility index (Phi) is 5.38. The molecule has 0 aliphatic carbocycles. The van der Waals surface area contributed by atoms with Gasteiger partial charge in [-0.1, -0.05) is 49.7 Å². The van der Waals surface area contributed by atoms with Crippen molar-refractivity contribution in [2.75, 3.05) is 0 Å². The first kappa shape index (κ1) is 15.1. The minimum atomic E-state index is -0.913. The highest BCUT2D eigenvalue weighted by atomic mass is 16.5. The number of rotatable bonds is 7. The highest BCUT2D eigenvalue weighted by Crippen LogP contribution is 2.28. The van der Waals surface area contributed by atoms with Crippen molar-refractivity contribution in [2.24, 2.45) is 0 Å². The van der Waals surface area contributed by atoms with Gasteiger partial charge in [-0.2, -0.15) is 0 Å². The van der Waals surface area contributed by atoms with E-state index < -0.39 is 5.97 Å². The van der Waals surface area contributed by atoms with Gasteiger partial charge in [-0.15, -0.1) is 0 Å². The summed E-state index contributed by atoms with van der Waals surface area (Å²) in [6.07, 6.45) is 2.60. The number of hydrogen-bond acceptors (Lipinski definition) is 2. The maximum absolute atomic E-state index is 11.4. The quantitative estimate of drug-likeness (QED) is 0.802. The van der Waals surface area contributed by atoms with Crippen molar-refractivity contribution in [3.8, 4) is 5.75 Å². The first-order valence-electron chi connectivity index (χ1n) is 7.26. The van der Waals surface area contributed by atoms with Crippen LogP contribution in [0, 0.1) is 0 Å².